The van der Waals surface area contributed by atoms with E-state index in [0.29, 0.717) is 23.5 Å². The van der Waals surface area contributed by atoms with E-state index in [1.807, 2.05) is 0 Å². The highest BCUT2D eigenvalue weighted by Crippen LogP contribution is 2.30. The van der Waals surface area contributed by atoms with Crippen LogP contribution in [0.15, 0.2) is 23.3 Å². The zero-order chi connectivity index (χ0) is 19.0. The lowest BCUT2D eigenvalue weighted by Gasteiger charge is -2.18. The van der Waals surface area contributed by atoms with Gasteiger partial charge in [0.1, 0.15) is 0 Å². The highest BCUT2D eigenvalue weighted by Gasteiger charge is 2.34. The lowest BCUT2D eigenvalue weighted by Crippen LogP contribution is -2.44. The molecule has 2 aromatic rings. The minimum Gasteiger partial charge on any atom is -0.352 e. The Kier molecular flexibility index (Phi) is 6.32. The number of rotatable bonds is 4. The fourth-order valence-corrected chi connectivity index (χ4v) is 3.45. The molecule has 28 heavy (non-hydrogen) atoms. The number of nitrogens with zero attached hydrogens (tertiary/aromatic N) is 5. The van der Waals surface area contributed by atoms with Crippen LogP contribution in [-0.4, -0.2) is 57.7 Å². The monoisotopic (exact) mass is 509 g/mol. The molecule has 2 fully saturated rings. The Hall–Kier alpha value is -1.63. The number of alkyl halides is 3. The average molecular weight is 509 g/mol. The first-order valence-electron chi connectivity index (χ1n) is 9.06. The number of aliphatic imine (C=N–C) groups is 1. The van der Waals surface area contributed by atoms with Gasteiger partial charge in [-0.05, 0) is 31.4 Å². The van der Waals surface area contributed by atoms with E-state index in [1.165, 1.54) is 23.3 Å². The summed E-state index contributed by atoms with van der Waals surface area (Å²) in [6.07, 6.45) is 0.253. The predicted molar refractivity (Wildman–Crippen MR) is 110 cm³/mol. The van der Waals surface area contributed by atoms with Crippen LogP contribution in [0.4, 0.5) is 13.2 Å². The molecule has 154 valence electrons. The second-order valence-electron chi connectivity index (χ2n) is 7.04. The van der Waals surface area contributed by atoms with Crippen LogP contribution < -0.4 is 10.6 Å². The molecule has 7 nitrogen and oxygen atoms in total. The number of fused-ring (bicyclic) bond motifs is 1. The molecule has 1 saturated carbocycles. The molecule has 2 aromatic heterocycles. The van der Waals surface area contributed by atoms with E-state index < -0.39 is 11.7 Å². The van der Waals surface area contributed by atoms with Crippen LogP contribution in [0.25, 0.3) is 5.65 Å². The zero-order valence-corrected chi connectivity index (χ0v) is 17.7. The van der Waals surface area contributed by atoms with Gasteiger partial charge >= 0.3 is 6.18 Å². The summed E-state index contributed by atoms with van der Waals surface area (Å²) in [4.78, 5) is 6.71. The van der Waals surface area contributed by atoms with Gasteiger partial charge in [0.15, 0.2) is 17.4 Å². The van der Waals surface area contributed by atoms with Crippen LogP contribution in [0.5, 0.6) is 0 Å². The second kappa shape index (κ2) is 8.39. The van der Waals surface area contributed by atoms with E-state index in [9.17, 15) is 13.2 Å². The summed E-state index contributed by atoms with van der Waals surface area (Å²) in [7, 11) is 1.67. The first kappa shape index (κ1) is 21.1. The third kappa shape index (κ3) is 4.67. The normalized spacial score (nSPS) is 21.0. The molecule has 0 bridgehead atoms. The Morgan fingerprint density at radius 3 is 2.71 bits per heavy atom. The molecule has 2 aliphatic rings. The summed E-state index contributed by atoms with van der Waals surface area (Å²) >= 11 is 0. The van der Waals surface area contributed by atoms with E-state index in [4.69, 9.17) is 0 Å². The minimum atomic E-state index is -4.41. The van der Waals surface area contributed by atoms with E-state index in [-0.39, 0.29) is 30.5 Å². The molecule has 0 amide bonds. The molecular formula is C17H23F3IN7. The van der Waals surface area contributed by atoms with Gasteiger partial charge in [0.05, 0.1) is 12.1 Å². The molecule has 1 aliphatic carbocycles. The number of likely N-dealkylation sites (tertiary alicyclic amines) is 1. The lowest BCUT2D eigenvalue weighted by atomic mass is 10.3. The van der Waals surface area contributed by atoms with Gasteiger partial charge in [0.25, 0.3) is 0 Å². The van der Waals surface area contributed by atoms with Crippen molar-refractivity contribution in [2.24, 2.45) is 4.99 Å². The molecule has 2 N–H and O–H groups in total. The molecule has 4 rings (SSSR count). The molecule has 0 spiro atoms. The number of aromatic nitrogens is 3. The van der Waals surface area contributed by atoms with Crippen molar-refractivity contribution in [1.29, 1.82) is 0 Å². The number of guanidine groups is 1. The number of hydrogen-bond acceptors (Lipinski definition) is 4. The van der Waals surface area contributed by atoms with Crippen molar-refractivity contribution in [3.05, 3.63) is 29.7 Å². The minimum absolute atomic E-state index is 0. The SMILES string of the molecule is CN=C(NCc1nnc2ccc(C(F)(F)F)cn12)NC1CCN(C2CC2)C1.I. The number of pyridine rings is 1. The van der Waals surface area contributed by atoms with Crippen molar-refractivity contribution in [2.75, 3.05) is 20.1 Å². The van der Waals surface area contributed by atoms with Crippen LogP contribution in [0.3, 0.4) is 0 Å². The highest BCUT2D eigenvalue weighted by atomic mass is 127. The van der Waals surface area contributed by atoms with Crippen molar-refractivity contribution in [3.8, 4) is 0 Å². The molecule has 1 saturated heterocycles. The van der Waals surface area contributed by atoms with Crippen molar-refractivity contribution >= 4 is 35.6 Å². The summed E-state index contributed by atoms with van der Waals surface area (Å²) in [5.74, 6) is 1.01. The Labute approximate surface area is 177 Å². The summed E-state index contributed by atoms with van der Waals surface area (Å²) in [5.41, 5.74) is -0.358. The molecule has 0 radical (unpaired) electrons. The van der Waals surface area contributed by atoms with Gasteiger partial charge < -0.3 is 10.6 Å². The molecule has 0 aromatic carbocycles. The number of halogens is 4. The van der Waals surface area contributed by atoms with E-state index in [2.05, 4.69) is 30.7 Å². The third-order valence-electron chi connectivity index (χ3n) is 5.06. The quantitative estimate of drug-likeness (QED) is 0.376. The predicted octanol–water partition coefficient (Wildman–Crippen LogP) is 2.27. The molecule has 1 atom stereocenters. The molecule has 11 heteroatoms. The Morgan fingerprint density at radius 1 is 1.25 bits per heavy atom. The summed E-state index contributed by atoms with van der Waals surface area (Å²) in [6, 6.07) is 3.39. The van der Waals surface area contributed by atoms with Crippen LogP contribution in [0.2, 0.25) is 0 Å². The van der Waals surface area contributed by atoms with Crippen LogP contribution >= 0.6 is 24.0 Å². The summed E-state index contributed by atoms with van der Waals surface area (Å²) in [5, 5.41) is 14.4. The fraction of sp³-hybridized carbons (Fsp3) is 0.588. The Balaban J connectivity index is 0.00000225. The standard InChI is InChI=1S/C17H22F3N7.HI/c1-21-16(23-12-6-7-26(10-12)13-3-4-13)22-8-15-25-24-14-5-2-11(9-27(14)15)17(18,19)20;/h2,5,9,12-13H,3-4,6-8,10H2,1H3,(H2,21,22,23);1H. The molecule has 3 heterocycles. The van der Waals surface area contributed by atoms with Crippen molar-refractivity contribution in [1.82, 2.24) is 30.1 Å². The van der Waals surface area contributed by atoms with Gasteiger partial charge in [0, 0.05) is 38.4 Å². The smallest absolute Gasteiger partial charge is 0.352 e. The van der Waals surface area contributed by atoms with Crippen molar-refractivity contribution in [2.45, 2.75) is 44.1 Å². The highest BCUT2D eigenvalue weighted by molar-refractivity contribution is 14.0. The van der Waals surface area contributed by atoms with Crippen molar-refractivity contribution in [3.63, 3.8) is 0 Å². The van der Waals surface area contributed by atoms with Gasteiger partial charge in [-0.25, -0.2) is 0 Å². The van der Waals surface area contributed by atoms with Crippen LogP contribution in [0, 0.1) is 0 Å². The maximum atomic E-state index is 12.9. The molecule has 1 aliphatic heterocycles. The van der Waals surface area contributed by atoms with Gasteiger partial charge in [-0.1, -0.05) is 0 Å². The summed E-state index contributed by atoms with van der Waals surface area (Å²) < 4.78 is 40.2. The Morgan fingerprint density at radius 2 is 2.04 bits per heavy atom. The second-order valence-corrected chi connectivity index (χ2v) is 7.04. The van der Waals surface area contributed by atoms with Crippen LogP contribution in [-0.2, 0) is 12.7 Å². The van der Waals surface area contributed by atoms with E-state index in [1.54, 1.807) is 7.05 Å². The van der Waals surface area contributed by atoms with Gasteiger partial charge in [-0.3, -0.25) is 14.3 Å². The zero-order valence-electron chi connectivity index (χ0n) is 15.4. The number of hydrogen-bond donors (Lipinski definition) is 2. The van der Waals surface area contributed by atoms with E-state index in [0.717, 1.165) is 37.8 Å². The molecular weight excluding hydrogens is 486 g/mol. The van der Waals surface area contributed by atoms with Gasteiger partial charge in [-0.2, -0.15) is 13.2 Å². The average Bonchev–Trinajstić information content (AvgIpc) is 3.25. The maximum Gasteiger partial charge on any atom is 0.417 e. The largest absolute Gasteiger partial charge is 0.417 e. The molecule has 1 unspecified atom stereocenters. The first-order chi connectivity index (χ1) is 12.9. The lowest BCUT2D eigenvalue weighted by molar-refractivity contribution is -0.137. The summed E-state index contributed by atoms with van der Waals surface area (Å²) in [6.45, 7) is 2.31. The first-order valence-corrected chi connectivity index (χ1v) is 9.06. The number of nitrogens with one attached hydrogen (secondary N) is 2. The van der Waals surface area contributed by atoms with Crippen LogP contribution in [0.1, 0.15) is 30.7 Å². The topological polar surface area (TPSA) is 69.8 Å². The third-order valence-corrected chi connectivity index (χ3v) is 5.06. The van der Waals surface area contributed by atoms with Gasteiger partial charge in [-0.15, -0.1) is 34.2 Å². The van der Waals surface area contributed by atoms with Gasteiger partial charge in [0.2, 0.25) is 0 Å². The van der Waals surface area contributed by atoms with Crippen molar-refractivity contribution < 1.29 is 13.2 Å². The Bertz CT molecular complexity index is 847. The maximum absolute atomic E-state index is 12.9. The fourth-order valence-electron chi connectivity index (χ4n) is 3.45. The van der Waals surface area contributed by atoms with E-state index >= 15 is 0 Å².